The summed E-state index contributed by atoms with van der Waals surface area (Å²) < 4.78 is 16.7. The minimum atomic E-state index is -0.808. The van der Waals surface area contributed by atoms with Gasteiger partial charge < -0.3 is 13.6 Å². The van der Waals surface area contributed by atoms with Crippen LogP contribution in [0.1, 0.15) is 30.7 Å². The fourth-order valence-electron chi connectivity index (χ4n) is 3.41. The first-order valence-electron chi connectivity index (χ1n) is 10.0. The summed E-state index contributed by atoms with van der Waals surface area (Å²) in [4.78, 5) is 24.0. The number of rotatable bonds is 6. The fraction of sp³-hybridized carbons (Fsp3) is 0.208. The monoisotopic (exact) mass is 418 g/mol. The molecule has 0 radical (unpaired) electrons. The first-order valence-corrected chi connectivity index (χ1v) is 10.0. The molecule has 1 atom stereocenters. The van der Waals surface area contributed by atoms with Gasteiger partial charge in [0.15, 0.2) is 6.10 Å². The topological polar surface area (TPSA) is 94.0 Å². The summed E-state index contributed by atoms with van der Waals surface area (Å²) in [5, 5.41) is 5.84. The van der Waals surface area contributed by atoms with Gasteiger partial charge in [-0.05, 0) is 37.6 Å². The largest absolute Gasteiger partial charge is 0.481 e. The Hall–Kier alpha value is -3.87. The van der Waals surface area contributed by atoms with Crippen LogP contribution >= 0.6 is 0 Å². The van der Waals surface area contributed by atoms with Crippen LogP contribution in [0, 0.1) is 6.92 Å². The van der Waals surface area contributed by atoms with Gasteiger partial charge in [-0.2, -0.15) is 5.10 Å². The molecule has 4 rings (SSSR count). The average molecular weight is 418 g/mol. The Balaban J connectivity index is 1.46. The van der Waals surface area contributed by atoms with Crippen LogP contribution in [0.4, 0.5) is 0 Å². The smallest absolute Gasteiger partial charge is 0.336 e. The number of hydrazone groups is 1. The van der Waals surface area contributed by atoms with E-state index in [0.717, 1.165) is 33.2 Å². The molecule has 2 aromatic carbocycles. The molecule has 7 nitrogen and oxygen atoms in total. The number of carbonyl (C=O) groups excluding carboxylic acids is 1. The molecule has 0 spiro atoms. The molecule has 0 aliphatic carbocycles. The molecule has 158 valence electrons. The van der Waals surface area contributed by atoms with Crippen molar-refractivity contribution in [1.82, 2.24) is 5.43 Å². The molecule has 0 saturated carbocycles. The van der Waals surface area contributed by atoms with Gasteiger partial charge in [-0.15, -0.1) is 0 Å². The van der Waals surface area contributed by atoms with Gasteiger partial charge >= 0.3 is 5.63 Å². The molecular formula is C24H22N2O5. The number of fused-ring (bicyclic) bond motifs is 2. The lowest BCUT2D eigenvalue weighted by Gasteiger charge is -2.13. The zero-order valence-corrected chi connectivity index (χ0v) is 17.5. The number of furan rings is 1. The molecule has 2 heterocycles. The van der Waals surface area contributed by atoms with Crippen LogP contribution in [0.3, 0.4) is 0 Å². The zero-order valence-electron chi connectivity index (χ0n) is 17.5. The Labute approximate surface area is 178 Å². The van der Waals surface area contributed by atoms with Crippen LogP contribution in [0.5, 0.6) is 5.75 Å². The molecule has 0 aliphatic rings. The molecule has 7 heteroatoms. The number of nitrogens with one attached hydrogen (secondary N) is 1. The fourth-order valence-corrected chi connectivity index (χ4v) is 3.41. The normalized spacial score (nSPS) is 12.5. The lowest BCUT2D eigenvalue weighted by atomic mass is 10.1. The molecule has 0 saturated heterocycles. The summed E-state index contributed by atoms with van der Waals surface area (Å²) in [6, 6.07) is 14.2. The van der Waals surface area contributed by atoms with Gasteiger partial charge in [-0.25, -0.2) is 10.2 Å². The van der Waals surface area contributed by atoms with E-state index in [1.807, 2.05) is 38.1 Å². The Morgan fingerprint density at radius 2 is 1.94 bits per heavy atom. The highest BCUT2D eigenvalue weighted by molar-refractivity contribution is 5.99. The number of amides is 1. The van der Waals surface area contributed by atoms with Crippen molar-refractivity contribution in [3.63, 3.8) is 0 Å². The Bertz CT molecular complexity index is 1350. The van der Waals surface area contributed by atoms with Gasteiger partial charge in [0.2, 0.25) is 0 Å². The van der Waals surface area contributed by atoms with Crippen molar-refractivity contribution in [1.29, 1.82) is 0 Å². The Morgan fingerprint density at radius 1 is 1.13 bits per heavy atom. The molecule has 0 bridgehead atoms. The summed E-state index contributed by atoms with van der Waals surface area (Å²) in [6.07, 6.45) is 1.49. The number of benzene rings is 2. The first kappa shape index (κ1) is 20.4. The second kappa shape index (κ2) is 8.47. The summed E-state index contributed by atoms with van der Waals surface area (Å²) in [5.74, 6) is 0.811. The minimum Gasteiger partial charge on any atom is -0.481 e. The number of carbonyl (C=O) groups is 1. The number of ether oxygens (including phenoxy) is 1. The van der Waals surface area contributed by atoms with Crippen molar-refractivity contribution >= 4 is 34.1 Å². The molecule has 1 N–H and O–H groups in total. The number of hydrogen-bond donors (Lipinski definition) is 1. The maximum absolute atomic E-state index is 12.4. The van der Waals surface area contributed by atoms with Crippen molar-refractivity contribution in [3.8, 4) is 5.75 Å². The SMILES string of the molecule is CCc1oc2ccccc2c1/C=N\NC(=O)[C@@H](C)Oc1ccc2c(C)cc(=O)oc2c1. The molecule has 0 fully saturated rings. The van der Waals surface area contributed by atoms with Crippen molar-refractivity contribution < 1.29 is 18.4 Å². The van der Waals surface area contributed by atoms with Crippen LogP contribution in [-0.4, -0.2) is 18.2 Å². The predicted molar refractivity (Wildman–Crippen MR) is 119 cm³/mol. The molecule has 0 aliphatic heterocycles. The van der Waals surface area contributed by atoms with E-state index in [1.165, 1.54) is 6.07 Å². The van der Waals surface area contributed by atoms with Crippen LogP contribution in [0.15, 0.2) is 67.3 Å². The van der Waals surface area contributed by atoms with Crippen LogP contribution in [0.2, 0.25) is 0 Å². The van der Waals surface area contributed by atoms with E-state index in [-0.39, 0.29) is 0 Å². The van der Waals surface area contributed by atoms with E-state index < -0.39 is 17.6 Å². The molecule has 4 aromatic rings. The van der Waals surface area contributed by atoms with E-state index in [4.69, 9.17) is 13.6 Å². The second-order valence-corrected chi connectivity index (χ2v) is 7.19. The highest BCUT2D eigenvalue weighted by atomic mass is 16.5. The van der Waals surface area contributed by atoms with Crippen LogP contribution in [0.25, 0.3) is 21.9 Å². The van der Waals surface area contributed by atoms with Gasteiger partial charge in [0.05, 0.1) is 6.21 Å². The standard InChI is InChI=1S/C24H22N2O5/c1-4-20-19(18-7-5-6-8-21(18)30-20)13-25-26-24(28)15(3)29-16-9-10-17-14(2)11-23(27)31-22(17)12-16/h5-13,15H,4H2,1-3H3,(H,26,28)/b25-13-/t15-/m1/s1. The van der Waals surface area contributed by atoms with E-state index in [1.54, 1.807) is 31.3 Å². The summed E-state index contributed by atoms with van der Waals surface area (Å²) in [6.45, 7) is 5.45. The van der Waals surface area contributed by atoms with Gasteiger partial charge in [-0.3, -0.25) is 4.79 Å². The summed E-state index contributed by atoms with van der Waals surface area (Å²) in [5.41, 5.74) is 4.92. The highest BCUT2D eigenvalue weighted by Gasteiger charge is 2.16. The maximum Gasteiger partial charge on any atom is 0.336 e. The van der Waals surface area contributed by atoms with Crippen LogP contribution in [-0.2, 0) is 11.2 Å². The van der Waals surface area contributed by atoms with E-state index in [2.05, 4.69) is 10.5 Å². The molecule has 0 unspecified atom stereocenters. The summed E-state index contributed by atoms with van der Waals surface area (Å²) in [7, 11) is 0. The van der Waals surface area contributed by atoms with Crippen molar-refractivity contribution in [2.24, 2.45) is 5.10 Å². The van der Waals surface area contributed by atoms with Crippen molar-refractivity contribution in [2.75, 3.05) is 0 Å². The first-order chi connectivity index (χ1) is 15.0. The van der Waals surface area contributed by atoms with Gasteiger partial charge in [-0.1, -0.05) is 25.1 Å². The van der Waals surface area contributed by atoms with E-state index >= 15 is 0 Å². The lowest BCUT2D eigenvalue weighted by molar-refractivity contribution is -0.127. The quantitative estimate of drug-likeness (QED) is 0.286. The van der Waals surface area contributed by atoms with Gasteiger partial charge in [0.25, 0.3) is 5.91 Å². The van der Waals surface area contributed by atoms with E-state index in [0.29, 0.717) is 17.8 Å². The molecular weight excluding hydrogens is 396 g/mol. The third kappa shape index (κ3) is 4.21. The number of para-hydroxylation sites is 1. The number of nitrogens with zero attached hydrogens (tertiary/aromatic N) is 1. The maximum atomic E-state index is 12.4. The van der Waals surface area contributed by atoms with Gasteiger partial charge in [0, 0.05) is 34.9 Å². The number of aryl methyl sites for hydroxylation is 2. The Morgan fingerprint density at radius 3 is 2.74 bits per heavy atom. The molecule has 1 amide bonds. The molecule has 2 aromatic heterocycles. The number of hydrogen-bond acceptors (Lipinski definition) is 6. The predicted octanol–water partition coefficient (Wildman–Crippen LogP) is 4.33. The Kier molecular flexibility index (Phi) is 5.58. The van der Waals surface area contributed by atoms with Gasteiger partial charge in [0.1, 0.15) is 22.7 Å². The average Bonchev–Trinajstić information content (AvgIpc) is 3.11. The minimum absolute atomic E-state index is 0.409. The van der Waals surface area contributed by atoms with Crippen molar-refractivity contribution in [2.45, 2.75) is 33.3 Å². The summed E-state index contributed by atoms with van der Waals surface area (Å²) >= 11 is 0. The van der Waals surface area contributed by atoms with E-state index in [9.17, 15) is 9.59 Å². The second-order valence-electron chi connectivity index (χ2n) is 7.19. The zero-order chi connectivity index (χ0) is 22.0. The molecule has 31 heavy (non-hydrogen) atoms. The van der Waals surface area contributed by atoms with Crippen molar-refractivity contribution in [3.05, 3.63) is 75.8 Å². The van der Waals surface area contributed by atoms with Crippen LogP contribution < -0.4 is 15.8 Å². The lowest BCUT2D eigenvalue weighted by Crippen LogP contribution is -2.33. The highest BCUT2D eigenvalue weighted by Crippen LogP contribution is 2.25. The third-order valence-corrected chi connectivity index (χ3v) is 5.01. The third-order valence-electron chi connectivity index (χ3n) is 5.01.